The summed E-state index contributed by atoms with van der Waals surface area (Å²) < 4.78 is 5.63. The van der Waals surface area contributed by atoms with Gasteiger partial charge in [0.2, 0.25) is 5.91 Å². The molecule has 0 aliphatic heterocycles. The zero-order chi connectivity index (χ0) is 13.8. The maximum absolute atomic E-state index is 11.9. The molecular formula is C15H23NO2. The lowest BCUT2D eigenvalue weighted by molar-refractivity contribution is -0.138. The van der Waals surface area contributed by atoms with E-state index in [0.29, 0.717) is 13.2 Å². The van der Waals surface area contributed by atoms with Crippen molar-refractivity contribution in [2.45, 2.75) is 27.7 Å². The lowest BCUT2D eigenvalue weighted by Crippen LogP contribution is -2.38. The van der Waals surface area contributed by atoms with Gasteiger partial charge in [-0.2, -0.15) is 0 Å². The summed E-state index contributed by atoms with van der Waals surface area (Å²) in [5.74, 6) is 0.988. The van der Waals surface area contributed by atoms with Gasteiger partial charge in [0.15, 0.2) is 0 Å². The lowest BCUT2D eigenvalue weighted by Gasteiger charge is -2.25. The van der Waals surface area contributed by atoms with E-state index in [2.05, 4.69) is 0 Å². The van der Waals surface area contributed by atoms with Crippen LogP contribution in [0.1, 0.15) is 26.3 Å². The van der Waals surface area contributed by atoms with Gasteiger partial charge in [0.25, 0.3) is 0 Å². The van der Waals surface area contributed by atoms with Crippen LogP contribution in [0.25, 0.3) is 0 Å². The van der Waals surface area contributed by atoms with Gasteiger partial charge in [0.05, 0.1) is 6.54 Å². The molecule has 18 heavy (non-hydrogen) atoms. The Morgan fingerprint density at radius 3 is 2.56 bits per heavy atom. The van der Waals surface area contributed by atoms with E-state index in [4.69, 9.17) is 4.74 Å². The van der Waals surface area contributed by atoms with E-state index in [9.17, 15) is 4.79 Å². The number of hydrogen-bond acceptors (Lipinski definition) is 2. The Morgan fingerprint density at radius 1 is 1.33 bits per heavy atom. The molecule has 1 amide bonds. The Morgan fingerprint density at radius 2 is 2.00 bits per heavy atom. The average Bonchev–Trinajstić information content (AvgIpc) is 2.26. The molecule has 0 heterocycles. The van der Waals surface area contributed by atoms with Gasteiger partial charge in [0.1, 0.15) is 12.4 Å². The highest BCUT2D eigenvalue weighted by atomic mass is 16.5. The van der Waals surface area contributed by atoms with E-state index in [-0.39, 0.29) is 11.3 Å². The number of amides is 1. The van der Waals surface area contributed by atoms with Crippen LogP contribution in [-0.2, 0) is 4.79 Å². The van der Waals surface area contributed by atoms with Crippen molar-refractivity contribution in [3.05, 3.63) is 29.8 Å². The van der Waals surface area contributed by atoms with E-state index in [1.165, 1.54) is 5.56 Å². The van der Waals surface area contributed by atoms with E-state index in [1.807, 2.05) is 59.0 Å². The first-order chi connectivity index (χ1) is 8.30. The van der Waals surface area contributed by atoms with Crippen molar-refractivity contribution in [2.24, 2.45) is 5.41 Å². The Hall–Kier alpha value is -1.51. The van der Waals surface area contributed by atoms with Crippen LogP contribution in [0.5, 0.6) is 5.75 Å². The monoisotopic (exact) mass is 249 g/mol. The van der Waals surface area contributed by atoms with Gasteiger partial charge in [-0.3, -0.25) is 4.79 Å². The molecule has 0 saturated carbocycles. The van der Waals surface area contributed by atoms with Crippen molar-refractivity contribution < 1.29 is 9.53 Å². The van der Waals surface area contributed by atoms with Crippen LogP contribution in [0.4, 0.5) is 0 Å². The molecule has 0 unspecified atom stereocenters. The predicted octanol–water partition coefficient (Wildman–Crippen LogP) is 2.88. The number of carbonyl (C=O) groups is 1. The van der Waals surface area contributed by atoms with Crippen molar-refractivity contribution in [3.8, 4) is 5.75 Å². The Balaban J connectivity index is 2.40. The molecular weight excluding hydrogens is 226 g/mol. The number of benzene rings is 1. The molecule has 1 rings (SSSR count). The summed E-state index contributed by atoms with van der Waals surface area (Å²) in [5, 5.41) is 0. The first-order valence-corrected chi connectivity index (χ1v) is 6.26. The van der Waals surface area contributed by atoms with Crippen molar-refractivity contribution in [3.63, 3.8) is 0 Å². The first-order valence-electron chi connectivity index (χ1n) is 6.26. The third-order valence-corrected chi connectivity index (χ3v) is 2.67. The third-order valence-electron chi connectivity index (χ3n) is 2.67. The summed E-state index contributed by atoms with van der Waals surface area (Å²) in [7, 11) is 1.81. The van der Waals surface area contributed by atoms with Gasteiger partial charge >= 0.3 is 0 Å². The molecule has 1 aromatic rings. The van der Waals surface area contributed by atoms with E-state index < -0.39 is 0 Å². The number of hydrogen-bond donors (Lipinski definition) is 0. The van der Waals surface area contributed by atoms with Crippen molar-refractivity contribution in [1.29, 1.82) is 0 Å². The number of ether oxygens (including phenoxy) is 1. The molecule has 0 aromatic heterocycles. The molecule has 0 radical (unpaired) electrons. The smallest absolute Gasteiger partial charge is 0.227 e. The minimum atomic E-state index is -0.335. The number of rotatable bonds is 4. The normalized spacial score (nSPS) is 11.2. The first kappa shape index (κ1) is 14.6. The third kappa shape index (κ3) is 4.40. The van der Waals surface area contributed by atoms with Crippen LogP contribution in [0.2, 0.25) is 0 Å². The molecule has 0 atom stereocenters. The molecule has 0 spiro atoms. The largest absolute Gasteiger partial charge is 0.492 e. The van der Waals surface area contributed by atoms with Gasteiger partial charge in [-0.1, -0.05) is 32.9 Å². The van der Waals surface area contributed by atoms with Gasteiger partial charge in [-0.25, -0.2) is 0 Å². The fourth-order valence-corrected chi connectivity index (χ4v) is 1.68. The minimum absolute atomic E-state index is 0.135. The molecule has 0 N–H and O–H groups in total. The highest BCUT2D eigenvalue weighted by molar-refractivity contribution is 5.81. The van der Waals surface area contributed by atoms with Crippen LogP contribution in [-0.4, -0.2) is 31.0 Å². The molecule has 1 aromatic carbocycles. The van der Waals surface area contributed by atoms with Crippen LogP contribution in [0.15, 0.2) is 24.3 Å². The molecule has 3 nitrogen and oxygen atoms in total. The second kappa shape index (κ2) is 5.89. The molecule has 0 aliphatic rings. The Labute approximate surface area is 110 Å². The highest BCUT2D eigenvalue weighted by Crippen LogP contribution is 2.16. The second-order valence-corrected chi connectivity index (χ2v) is 5.64. The number of aryl methyl sites for hydroxylation is 1. The fourth-order valence-electron chi connectivity index (χ4n) is 1.68. The lowest BCUT2D eigenvalue weighted by atomic mass is 9.95. The molecule has 0 aliphatic carbocycles. The second-order valence-electron chi connectivity index (χ2n) is 5.64. The van der Waals surface area contributed by atoms with Gasteiger partial charge < -0.3 is 9.64 Å². The van der Waals surface area contributed by atoms with Crippen LogP contribution < -0.4 is 4.74 Å². The summed E-state index contributed by atoms with van der Waals surface area (Å²) in [6.07, 6.45) is 0. The predicted molar refractivity (Wildman–Crippen MR) is 73.8 cm³/mol. The summed E-state index contributed by atoms with van der Waals surface area (Å²) in [6.45, 7) is 8.92. The SMILES string of the molecule is Cc1cccc(OCCN(C)C(=O)C(C)(C)C)c1. The summed E-state index contributed by atoms with van der Waals surface area (Å²) in [5.41, 5.74) is 0.838. The molecule has 3 heteroatoms. The maximum atomic E-state index is 11.9. The van der Waals surface area contributed by atoms with Crippen molar-refractivity contribution in [1.82, 2.24) is 4.90 Å². The number of carbonyl (C=O) groups excluding carboxylic acids is 1. The van der Waals surface area contributed by atoms with E-state index in [1.54, 1.807) is 4.90 Å². The summed E-state index contributed by atoms with van der Waals surface area (Å²) >= 11 is 0. The number of likely N-dealkylation sites (N-methyl/N-ethyl adjacent to an activating group) is 1. The minimum Gasteiger partial charge on any atom is -0.492 e. The highest BCUT2D eigenvalue weighted by Gasteiger charge is 2.24. The van der Waals surface area contributed by atoms with Crippen LogP contribution >= 0.6 is 0 Å². The summed E-state index contributed by atoms with van der Waals surface area (Å²) in [4.78, 5) is 13.6. The molecule has 0 fully saturated rings. The Kier molecular flexibility index (Phi) is 4.76. The Bertz CT molecular complexity index is 407. The molecule has 0 saturated heterocycles. The number of nitrogens with zero attached hydrogens (tertiary/aromatic N) is 1. The van der Waals surface area contributed by atoms with Gasteiger partial charge in [-0.05, 0) is 24.6 Å². The topological polar surface area (TPSA) is 29.5 Å². The molecule has 100 valence electrons. The van der Waals surface area contributed by atoms with Gasteiger partial charge in [-0.15, -0.1) is 0 Å². The fraction of sp³-hybridized carbons (Fsp3) is 0.533. The van der Waals surface area contributed by atoms with Gasteiger partial charge in [0, 0.05) is 12.5 Å². The quantitative estimate of drug-likeness (QED) is 0.821. The van der Waals surface area contributed by atoms with Crippen molar-refractivity contribution in [2.75, 3.05) is 20.2 Å². The zero-order valence-electron chi connectivity index (χ0n) is 12.0. The van der Waals surface area contributed by atoms with Crippen LogP contribution in [0.3, 0.4) is 0 Å². The van der Waals surface area contributed by atoms with Crippen molar-refractivity contribution >= 4 is 5.91 Å². The standard InChI is InChI=1S/C15H23NO2/c1-12-7-6-8-13(11-12)18-10-9-16(5)14(17)15(2,3)4/h6-8,11H,9-10H2,1-5H3. The summed E-state index contributed by atoms with van der Waals surface area (Å²) in [6, 6.07) is 7.92. The van der Waals surface area contributed by atoms with E-state index in [0.717, 1.165) is 5.75 Å². The van der Waals surface area contributed by atoms with Crippen LogP contribution in [0, 0.1) is 12.3 Å². The maximum Gasteiger partial charge on any atom is 0.227 e. The average molecular weight is 249 g/mol. The van der Waals surface area contributed by atoms with E-state index >= 15 is 0 Å². The molecule has 0 bridgehead atoms. The zero-order valence-corrected chi connectivity index (χ0v) is 12.0.